The van der Waals surface area contributed by atoms with E-state index in [0.717, 1.165) is 0 Å². The molecular weight excluding hydrogens is 200 g/mol. The third-order valence-electron chi connectivity index (χ3n) is 2.59. The van der Waals surface area contributed by atoms with Crippen molar-refractivity contribution in [3.8, 4) is 0 Å². The Morgan fingerprint density at radius 1 is 1.25 bits per heavy atom. The minimum atomic E-state index is -0.117. The fourth-order valence-electron chi connectivity index (χ4n) is 1.88. The fourth-order valence-corrected chi connectivity index (χ4v) is 1.88. The molecule has 2 heteroatoms. The standard InChI is InChI=1S/C14H20O2/c1-5-16-14(15)9-12(4)13-7-10(2)6-11(3)8-13/h6-8,12H,5,9H2,1-4H3. The van der Waals surface area contributed by atoms with Crippen LogP contribution >= 0.6 is 0 Å². The first-order valence-corrected chi connectivity index (χ1v) is 5.76. The molecule has 0 saturated carbocycles. The highest BCUT2D eigenvalue weighted by Crippen LogP contribution is 2.22. The van der Waals surface area contributed by atoms with Gasteiger partial charge in [0, 0.05) is 0 Å². The van der Waals surface area contributed by atoms with E-state index in [1.54, 1.807) is 0 Å². The molecule has 0 fully saturated rings. The van der Waals surface area contributed by atoms with E-state index in [1.165, 1.54) is 16.7 Å². The van der Waals surface area contributed by atoms with Crippen LogP contribution in [-0.4, -0.2) is 12.6 Å². The third kappa shape index (κ3) is 3.69. The van der Waals surface area contributed by atoms with Gasteiger partial charge in [0.25, 0.3) is 0 Å². The molecule has 0 aliphatic carbocycles. The van der Waals surface area contributed by atoms with Crippen molar-refractivity contribution in [2.75, 3.05) is 6.61 Å². The number of ether oxygens (including phenoxy) is 1. The number of carbonyl (C=O) groups is 1. The van der Waals surface area contributed by atoms with Crippen LogP contribution < -0.4 is 0 Å². The summed E-state index contributed by atoms with van der Waals surface area (Å²) in [6, 6.07) is 6.41. The number of benzene rings is 1. The Morgan fingerprint density at radius 3 is 2.31 bits per heavy atom. The average molecular weight is 220 g/mol. The maximum absolute atomic E-state index is 11.4. The fraction of sp³-hybridized carbons (Fsp3) is 0.500. The van der Waals surface area contributed by atoms with Crippen LogP contribution in [0.25, 0.3) is 0 Å². The molecule has 88 valence electrons. The van der Waals surface area contributed by atoms with E-state index in [2.05, 4.69) is 39.0 Å². The predicted octanol–water partition coefficient (Wildman–Crippen LogP) is 3.36. The second kappa shape index (κ2) is 5.69. The van der Waals surface area contributed by atoms with E-state index in [1.807, 2.05) is 6.92 Å². The molecule has 1 aromatic carbocycles. The van der Waals surface area contributed by atoms with Crippen LogP contribution in [0.1, 0.15) is 42.9 Å². The van der Waals surface area contributed by atoms with Crippen molar-refractivity contribution < 1.29 is 9.53 Å². The van der Waals surface area contributed by atoms with E-state index >= 15 is 0 Å². The molecule has 0 saturated heterocycles. The third-order valence-corrected chi connectivity index (χ3v) is 2.59. The first-order valence-electron chi connectivity index (χ1n) is 5.76. The topological polar surface area (TPSA) is 26.3 Å². The summed E-state index contributed by atoms with van der Waals surface area (Å²) in [5.74, 6) is 0.104. The van der Waals surface area contributed by atoms with Crippen LogP contribution in [0.2, 0.25) is 0 Å². The summed E-state index contributed by atoms with van der Waals surface area (Å²) in [5.41, 5.74) is 3.70. The van der Waals surface area contributed by atoms with Gasteiger partial charge >= 0.3 is 5.97 Å². The van der Waals surface area contributed by atoms with E-state index in [-0.39, 0.29) is 11.9 Å². The quantitative estimate of drug-likeness (QED) is 0.727. The zero-order valence-corrected chi connectivity index (χ0v) is 10.5. The van der Waals surface area contributed by atoms with E-state index < -0.39 is 0 Å². The Morgan fingerprint density at radius 2 is 1.81 bits per heavy atom. The van der Waals surface area contributed by atoms with Crippen LogP contribution in [0, 0.1) is 13.8 Å². The lowest BCUT2D eigenvalue weighted by Gasteiger charge is -2.12. The normalized spacial score (nSPS) is 12.2. The molecule has 1 rings (SSSR count). The van der Waals surface area contributed by atoms with Gasteiger partial charge in [0.15, 0.2) is 0 Å². The Kier molecular flexibility index (Phi) is 4.53. The van der Waals surface area contributed by atoms with Crippen molar-refractivity contribution in [3.05, 3.63) is 34.9 Å². The number of esters is 1. The molecule has 0 amide bonds. The lowest BCUT2D eigenvalue weighted by atomic mass is 9.95. The van der Waals surface area contributed by atoms with Crippen LogP contribution in [0.5, 0.6) is 0 Å². The molecule has 1 unspecified atom stereocenters. The Bertz CT molecular complexity index is 349. The van der Waals surface area contributed by atoms with E-state index in [4.69, 9.17) is 4.74 Å². The highest BCUT2D eigenvalue weighted by atomic mass is 16.5. The van der Waals surface area contributed by atoms with Gasteiger partial charge in [0.1, 0.15) is 0 Å². The summed E-state index contributed by atoms with van der Waals surface area (Å²) in [6.45, 7) is 8.50. The van der Waals surface area contributed by atoms with Crippen LogP contribution in [0.3, 0.4) is 0 Å². The summed E-state index contributed by atoms with van der Waals surface area (Å²) in [4.78, 5) is 11.4. The van der Waals surface area contributed by atoms with Crippen LogP contribution in [0.15, 0.2) is 18.2 Å². The van der Waals surface area contributed by atoms with E-state index in [9.17, 15) is 4.79 Å². The SMILES string of the molecule is CCOC(=O)CC(C)c1cc(C)cc(C)c1. The minimum Gasteiger partial charge on any atom is -0.466 e. The number of hydrogen-bond acceptors (Lipinski definition) is 2. The van der Waals surface area contributed by atoms with Crippen molar-refractivity contribution in [3.63, 3.8) is 0 Å². The number of rotatable bonds is 4. The first-order chi connectivity index (χ1) is 7.52. The molecule has 0 spiro atoms. The van der Waals surface area contributed by atoms with Crippen LogP contribution in [-0.2, 0) is 9.53 Å². The molecule has 0 bridgehead atoms. The minimum absolute atomic E-state index is 0.117. The zero-order valence-electron chi connectivity index (χ0n) is 10.5. The Hall–Kier alpha value is -1.31. The van der Waals surface area contributed by atoms with Crippen molar-refractivity contribution in [1.82, 2.24) is 0 Å². The molecule has 0 aromatic heterocycles. The maximum Gasteiger partial charge on any atom is 0.306 e. The van der Waals surface area contributed by atoms with Gasteiger partial charge in [-0.1, -0.05) is 36.2 Å². The molecular formula is C14H20O2. The van der Waals surface area contributed by atoms with Gasteiger partial charge in [-0.2, -0.15) is 0 Å². The second-order valence-corrected chi connectivity index (χ2v) is 4.33. The van der Waals surface area contributed by atoms with Crippen molar-refractivity contribution in [2.45, 2.75) is 40.0 Å². The summed E-state index contributed by atoms with van der Waals surface area (Å²) >= 11 is 0. The summed E-state index contributed by atoms with van der Waals surface area (Å²) < 4.78 is 4.96. The molecule has 2 nitrogen and oxygen atoms in total. The van der Waals surface area contributed by atoms with Gasteiger partial charge in [0.05, 0.1) is 13.0 Å². The monoisotopic (exact) mass is 220 g/mol. The van der Waals surface area contributed by atoms with Gasteiger partial charge in [-0.25, -0.2) is 0 Å². The molecule has 1 aromatic rings. The number of aryl methyl sites for hydroxylation is 2. The number of carbonyl (C=O) groups excluding carboxylic acids is 1. The zero-order chi connectivity index (χ0) is 12.1. The van der Waals surface area contributed by atoms with Crippen molar-refractivity contribution >= 4 is 5.97 Å². The lowest BCUT2D eigenvalue weighted by Crippen LogP contribution is -2.08. The summed E-state index contributed by atoms with van der Waals surface area (Å²) in [5, 5.41) is 0. The maximum atomic E-state index is 11.4. The van der Waals surface area contributed by atoms with Gasteiger partial charge < -0.3 is 4.74 Å². The van der Waals surface area contributed by atoms with Crippen LogP contribution in [0.4, 0.5) is 0 Å². The largest absolute Gasteiger partial charge is 0.466 e. The summed E-state index contributed by atoms with van der Waals surface area (Å²) in [7, 11) is 0. The first kappa shape index (κ1) is 12.8. The highest BCUT2D eigenvalue weighted by Gasteiger charge is 2.12. The molecule has 0 N–H and O–H groups in total. The van der Waals surface area contributed by atoms with Gasteiger partial charge in [0.2, 0.25) is 0 Å². The highest BCUT2D eigenvalue weighted by molar-refractivity contribution is 5.70. The Balaban J connectivity index is 2.72. The van der Waals surface area contributed by atoms with Crippen molar-refractivity contribution in [2.24, 2.45) is 0 Å². The molecule has 0 heterocycles. The van der Waals surface area contributed by atoms with Gasteiger partial charge in [-0.3, -0.25) is 4.79 Å². The molecule has 16 heavy (non-hydrogen) atoms. The molecule has 0 aliphatic rings. The smallest absolute Gasteiger partial charge is 0.306 e. The van der Waals surface area contributed by atoms with E-state index in [0.29, 0.717) is 13.0 Å². The van der Waals surface area contributed by atoms with Gasteiger partial charge in [-0.05, 0) is 32.3 Å². The Labute approximate surface area is 97.6 Å². The summed E-state index contributed by atoms with van der Waals surface area (Å²) in [6.07, 6.45) is 0.455. The number of hydrogen-bond donors (Lipinski definition) is 0. The van der Waals surface area contributed by atoms with Crippen molar-refractivity contribution in [1.29, 1.82) is 0 Å². The average Bonchev–Trinajstić information content (AvgIpc) is 2.16. The lowest BCUT2D eigenvalue weighted by molar-refractivity contribution is -0.143. The van der Waals surface area contributed by atoms with Gasteiger partial charge in [-0.15, -0.1) is 0 Å². The predicted molar refractivity (Wildman–Crippen MR) is 65.6 cm³/mol. The molecule has 1 atom stereocenters. The molecule has 0 aliphatic heterocycles. The second-order valence-electron chi connectivity index (χ2n) is 4.33. The molecule has 0 radical (unpaired) electrons.